The number of rotatable bonds is 7. The summed E-state index contributed by atoms with van der Waals surface area (Å²) in [5.74, 6) is 0. The number of aryl methyl sites for hydroxylation is 2. The highest BCUT2D eigenvalue weighted by Gasteiger charge is 2.09. The third kappa shape index (κ3) is 4.71. The molecule has 0 aliphatic carbocycles. The van der Waals surface area contributed by atoms with E-state index in [0.29, 0.717) is 6.61 Å². The SMILES string of the molecule is OCCCc1ccc(CCCN2CCCCC2)s1. The lowest BCUT2D eigenvalue weighted by Crippen LogP contribution is -2.30. The van der Waals surface area contributed by atoms with Gasteiger partial charge < -0.3 is 10.0 Å². The predicted molar refractivity (Wildman–Crippen MR) is 78.3 cm³/mol. The first-order chi connectivity index (χ1) is 8.88. The zero-order chi connectivity index (χ0) is 12.6. The number of hydrogen-bond acceptors (Lipinski definition) is 3. The van der Waals surface area contributed by atoms with Crippen molar-refractivity contribution in [2.45, 2.75) is 44.9 Å². The molecule has 18 heavy (non-hydrogen) atoms. The van der Waals surface area contributed by atoms with Crippen molar-refractivity contribution in [3.05, 3.63) is 21.9 Å². The zero-order valence-electron chi connectivity index (χ0n) is 11.2. The van der Waals surface area contributed by atoms with Gasteiger partial charge in [0.1, 0.15) is 0 Å². The summed E-state index contributed by atoms with van der Waals surface area (Å²) < 4.78 is 0. The molecule has 0 bridgehead atoms. The molecule has 0 radical (unpaired) electrons. The standard InChI is InChI=1S/C15H25NOS/c17-13-5-7-15-9-8-14(18-15)6-4-12-16-10-2-1-3-11-16/h8-9,17H,1-7,10-13H2. The van der Waals surface area contributed by atoms with Gasteiger partial charge >= 0.3 is 0 Å². The van der Waals surface area contributed by atoms with Gasteiger partial charge in [-0.1, -0.05) is 6.42 Å². The van der Waals surface area contributed by atoms with E-state index in [4.69, 9.17) is 5.11 Å². The topological polar surface area (TPSA) is 23.5 Å². The molecular weight excluding hydrogens is 242 g/mol. The van der Waals surface area contributed by atoms with E-state index in [9.17, 15) is 0 Å². The van der Waals surface area contributed by atoms with Gasteiger partial charge in [-0.05, 0) is 70.3 Å². The molecule has 1 aromatic heterocycles. The van der Waals surface area contributed by atoms with Crippen molar-refractivity contribution in [1.29, 1.82) is 0 Å². The van der Waals surface area contributed by atoms with Crippen LogP contribution in [0.4, 0.5) is 0 Å². The van der Waals surface area contributed by atoms with Crippen molar-refractivity contribution in [2.24, 2.45) is 0 Å². The van der Waals surface area contributed by atoms with Crippen molar-refractivity contribution in [2.75, 3.05) is 26.2 Å². The van der Waals surface area contributed by atoms with Crippen LogP contribution in [0, 0.1) is 0 Å². The maximum atomic E-state index is 8.82. The van der Waals surface area contributed by atoms with Crippen LogP contribution in [0.25, 0.3) is 0 Å². The van der Waals surface area contributed by atoms with E-state index in [-0.39, 0.29) is 0 Å². The van der Waals surface area contributed by atoms with Crippen LogP contribution in [0.3, 0.4) is 0 Å². The maximum absolute atomic E-state index is 8.82. The second-order valence-corrected chi connectivity index (χ2v) is 6.45. The van der Waals surface area contributed by atoms with E-state index in [1.165, 1.54) is 61.5 Å². The van der Waals surface area contributed by atoms with Gasteiger partial charge in [0.2, 0.25) is 0 Å². The first kappa shape index (κ1) is 14.0. The fourth-order valence-corrected chi connectivity index (χ4v) is 3.71. The van der Waals surface area contributed by atoms with Crippen LogP contribution in [0.1, 0.15) is 41.9 Å². The molecule has 3 heteroatoms. The summed E-state index contributed by atoms with van der Waals surface area (Å²) in [6.07, 6.45) is 8.66. The van der Waals surface area contributed by atoms with Crippen LogP contribution in [0.15, 0.2) is 12.1 Å². The second kappa shape index (κ2) is 7.93. The molecule has 0 aromatic carbocycles. The van der Waals surface area contributed by atoms with Crippen molar-refractivity contribution in [3.63, 3.8) is 0 Å². The van der Waals surface area contributed by atoms with Gasteiger partial charge in [0.05, 0.1) is 0 Å². The third-order valence-electron chi connectivity index (χ3n) is 3.64. The Labute approximate surface area is 115 Å². The van der Waals surface area contributed by atoms with E-state index in [1.807, 2.05) is 11.3 Å². The third-order valence-corrected chi connectivity index (χ3v) is 4.85. The molecule has 1 saturated heterocycles. The van der Waals surface area contributed by atoms with Crippen LogP contribution in [-0.2, 0) is 12.8 Å². The fraction of sp³-hybridized carbons (Fsp3) is 0.733. The molecule has 0 atom stereocenters. The number of thiophene rings is 1. The number of hydrogen-bond donors (Lipinski definition) is 1. The van der Waals surface area contributed by atoms with Crippen molar-refractivity contribution < 1.29 is 5.11 Å². The van der Waals surface area contributed by atoms with E-state index in [1.54, 1.807) is 0 Å². The molecule has 1 aliphatic rings. The number of nitrogens with zero attached hydrogens (tertiary/aromatic N) is 1. The minimum absolute atomic E-state index is 0.308. The van der Waals surface area contributed by atoms with Gasteiger partial charge in [-0.15, -0.1) is 11.3 Å². The smallest absolute Gasteiger partial charge is 0.0434 e. The van der Waals surface area contributed by atoms with Gasteiger partial charge in [0.25, 0.3) is 0 Å². The number of aliphatic hydroxyl groups excluding tert-OH is 1. The van der Waals surface area contributed by atoms with E-state index < -0.39 is 0 Å². The second-order valence-electron chi connectivity index (χ2n) is 5.20. The number of aliphatic hydroxyl groups is 1. The highest BCUT2D eigenvalue weighted by atomic mass is 32.1. The molecule has 102 valence electrons. The molecule has 0 spiro atoms. The Bertz CT molecular complexity index is 331. The van der Waals surface area contributed by atoms with Gasteiger partial charge in [-0.25, -0.2) is 0 Å². The Morgan fingerprint density at radius 3 is 2.33 bits per heavy atom. The van der Waals surface area contributed by atoms with Crippen LogP contribution in [0.5, 0.6) is 0 Å². The summed E-state index contributed by atoms with van der Waals surface area (Å²) in [6, 6.07) is 4.50. The first-order valence-electron chi connectivity index (χ1n) is 7.29. The van der Waals surface area contributed by atoms with E-state index >= 15 is 0 Å². The normalized spacial score (nSPS) is 17.2. The van der Waals surface area contributed by atoms with Gasteiger partial charge in [0.15, 0.2) is 0 Å². The van der Waals surface area contributed by atoms with Gasteiger partial charge in [0, 0.05) is 16.4 Å². The average molecular weight is 267 g/mol. The monoisotopic (exact) mass is 267 g/mol. The largest absolute Gasteiger partial charge is 0.396 e. The molecule has 0 unspecified atom stereocenters. The van der Waals surface area contributed by atoms with Crippen molar-refractivity contribution in [3.8, 4) is 0 Å². The molecule has 0 amide bonds. The summed E-state index contributed by atoms with van der Waals surface area (Å²) in [4.78, 5) is 5.56. The Kier molecular flexibility index (Phi) is 6.18. The van der Waals surface area contributed by atoms with Crippen LogP contribution < -0.4 is 0 Å². The van der Waals surface area contributed by atoms with Crippen molar-refractivity contribution >= 4 is 11.3 Å². The highest BCUT2D eigenvalue weighted by Crippen LogP contribution is 2.20. The Morgan fingerprint density at radius 2 is 1.67 bits per heavy atom. The molecule has 1 aliphatic heterocycles. The minimum atomic E-state index is 0.308. The van der Waals surface area contributed by atoms with Crippen LogP contribution >= 0.6 is 11.3 Å². The molecule has 1 fully saturated rings. The number of piperidine rings is 1. The molecular formula is C15H25NOS. The zero-order valence-corrected chi connectivity index (χ0v) is 12.1. The van der Waals surface area contributed by atoms with Crippen LogP contribution in [0.2, 0.25) is 0 Å². The summed E-state index contributed by atoms with van der Waals surface area (Å²) in [7, 11) is 0. The molecule has 1 N–H and O–H groups in total. The minimum Gasteiger partial charge on any atom is -0.396 e. The Balaban J connectivity index is 1.64. The van der Waals surface area contributed by atoms with Crippen LogP contribution in [-0.4, -0.2) is 36.2 Å². The van der Waals surface area contributed by atoms with Gasteiger partial charge in [-0.2, -0.15) is 0 Å². The lowest BCUT2D eigenvalue weighted by Gasteiger charge is -2.26. The molecule has 2 heterocycles. The maximum Gasteiger partial charge on any atom is 0.0434 e. The first-order valence-corrected chi connectivity index (χ1v) is 8.11. The van der Waals surface area contributed by atoms with E-state index in [0.717, 1.165) is 12.8 Å². The summed E-state index contributed by atoms with van der Waals surface area (Å²) in [5.41, 5.74) is 0. The molecule has 0 saturated carbocycles. The fourth-order valence-electron chi connectivity index (χ4n) is 2.60. The van der Waals surface area contributed by atoms with E-state index in [2.05, 4.69) is 17.0 Å². The highest BCUT2D eigenvalue weighted by molar-refractivity contribution is 7.11. The van der Waals surface area contributed by atoms with Gasteiger partial charge in [-0.3, -0.25) is 0 Å². The molecule has 2 rings (SSSR count). The predicted octanol–water partition coefficient (Wildman–Crippen LogP) is 3.09. The average Bonchev–Trinajstić information content (AvgIpc) is 2.85. The lowest BCUT2D eigenvalue weighted by atomic mass is 10.1. The quantitative estimate of drug-likeness (QED) is 0.820. The molecule has 2 nitrogen and oxygen atoms in total. The summed E-state index contributed by atoms with van der Waals surface area (Å²) in [6.45, 7) is 4.20. The van der Waals surface area contributed by atoms with Crippen molar-refractivity contribution in [1.82, 2.24) is 4.90 Å². The molecule has 1 aromatic rings. The summed E-state index contributed by atoms with van der Waals surface area (Å²) in [5, 5.41) is 8.82. The lowest BCUT2D eigenvalue weighted by molar-refractivity contribution is 0.226. The Morgan fingerprint density at radius 1 is 1.00 bits per heavy atom. The Hall–Kier alpha value is -0.380. The summed E-state index contributed by atoms with van der Waals surface area (Å²) >= 11 is 1.93. The number of likely N-dealkylation sites (tertiary alicyclic amines) is 1.